The van der Waals surface area contributed by atoms with Crippen LogP contribution < -0.4 is 5.32 Å². The molecule has 14 heteroatoms. The third-order valence-corrected chi connectivity index (χ3v) is 9.43. The minimum Gasteiger partial charge on any atom is -0.477 e. The van der Waals surface area contributed by atoms with Crippen LogP contribution in [-0.2, 0) is 25.6 Å². The standard InChI is InChI=1S/C17H14N4O5S5/c1-7-19-20-17(30-7)29-6-8-5-28-15-10(14(23)21(15)11(8)16(24)25)18-13(22)12(31-26)9-3-2-4-27-9/h2-4,10,15H,5-6H2,1H3,(H,18,22)(H,24,25)/t10?,15-/m1/s1. The average molecular weight is 515 g/mol. The number of carboxylic acid groups (broad SMARTS) is 1. The summed E-state index contributed by atoms with van der Waals surface area (Å²) in [4.78, 5) is 39.0. The van der Waals surface area contributed by atoms with Crippen molar-refractivity contribution >= 4 is 80.1 Å². The highest BCUT2D eigenvalue weighted by atomic mass is 32.2. The van der Waals surface area contributed by atoms with Crippen LogP contribution >= 0.6 is 46.2 Å². The highest BCUT2D eigenvalue weighted by molar-refractivity contribution is 8.01. The fraction of sp³-hybridized carbons (Fsp3) is 0.294. The Morgan fingerprint density at radius 3 is 2.81 bits per heavy atom. The van der Waals surface area contributed by atoms with Gasteiger partial charge in [-0.2, -0.15) is 0 Å². The minimum atomic E-state index is -1.19. The zero-order chi connectivity index (χ0) is 22.1. The van der Waals surface area contributed by atoms with E-state index >= 15 is 0 Å². The Labute approximate surface area is 196 Å². The van der Waals surface area contributed by atoms with Crippen LogP contribution in [-0.4, -0.2) is 70.0 Å². The Morgan fingerprint density at radius 1 is 1.39 bits per heavy atom. The first-order chi connectivity index (χ1) is 14.9. The molecular formula is C17H14N4O5S5. The van der Waals surface area contributed by atoms with E-state index in [1.165, 1.54) is 51.1 Å². The molecule has 31 heavy (non-hydrogen) atoms. The van der Waals surface area contributed by atoms with E-state index in [0.29, 0.717) is 22.0 Å². The second-order valence-corrected chi connectivity index (χ2v) is 11.4. The van der Waals surface area contributed by atoms with E-state index in [1.807, 2.05) is 6.92 Å². The summed E-state index contributed by atoms with van der Waals surface area (Å²) in [7, 11) is 0. The van der Waals surface area contributed by atoms with Gasteiger partial charge in [-0.3, -0.25) is 14.5 Å². The number of carbonyl (C=O) groups excluding carboxylic acids is 2. The predicted molar refractivity (Wildman–Crippen MR) is 122 cm³/mol. The van der Waals surface area contributed by atoms with Crippen molar-refractivity contribution in [2.45, 2.75) is 22.7 Å². The molecule has 0 radical (unpaired) electrons. The van der Waals surface area contributed by atoms with Gasteiger partial charge in [-0.05, 0) is 23.9 Å². The first-order valence-electron chi connectivity index (χ1n) is 8.75. The first kappa shape index (κ1) is 22.2. The molecule has 4 rings (SSSR count). The van der Waals surface area contributed by atoms with Gasteiger partial charge in [0.25, 0.3) is 11.8 Å². The van der Waals surface area contributed by atoms with Crippen LogP contribution in [0.3, 0.4) is 0 Å². The number of hydrogen-bond acceptors (Lipinski definition) is 10. The SMILES string of the molecule is Cc1nnc(SCC2=C(C(=O)O)N3C(=O)C(NC(=O)C(=S=O)c4cccs4)[C@H]3SC2)s1. The van der Waals surface area contributed by atoms with E-state index in [0.717, 1.165) is 9.35 Å². The van der Waals surface area contributed by atoms with Crippen LogP contribution in [0, 0.1) is 6.92 Å². The highest BCUT2D eigenvalue weighted by Crippen LogP contribution is 2.41. The van der Waals surface area contributed by atoms with Crippen molar-refractivity contribution in [1.29, 1.82) is 0 Å². The van der Waals surface area contributed by atoms with Crippen LogP contribution in [0.25, 0.3) is 0 Å². The number of thiophene rings is 1. The van der Waals surface area contributed by atoms with Crippen molar-refractivity contribution in [1.82, 2.24) is 20.4 Å². The molecular weight excluding hydrogens is 501 g/mol. The van der Waals surface area contributed by atoms with Crippen LogP contribution in [0.1, 0.15) is 9.88 Å². The fourth-order valence-corrected chi connectivity index (χ4v) is 7.58. The van der Waals surface area contributed by atoms with Crippen molar-refractivity contribution in [2.75, 3.05) is 11.5 Å². The first-order valence-corrected chi connectivity index (χ1v) is 13.2. The van der Waals surface area contributed by atoms with Crippen molar-refractivity contribution in [3.8, 4) is 0 Å². The number of carbonyl (C=O) groups is 3. The number of aliphatic carboxylic acids is 1. The van der Waals surface area contributed by atoms with Gasteiger partial charge >= 0.3 is 5.97 Å². The van der Waals surface area contributed by atoms with Crippen LogP contribution in [0.2, 0.25) is 0 Å². The summed E-state index contributed by atoms with van der Waals surface area (Å²) < 4.78 is 12.2. The Morgan fingerprint density at radius 2 is 2.19 bits per heavy atom. The molecule has 1 saturated heterocycles. The third-order valence-electron chi connectivity index (χ3n) is 4.45. The number of thioether (sulfide) groups is 2. The zero-order valence-corrected chi connectivity index (χ0v) is 19.8. The average Bonchev–Trinajstić information content (AvgIpc) is 3.42. The van der Waals surface area contributed by atoms with Crippen molar-refractivity contribution < 1.29 is 23.7 Å². The smallest absolute Gasteiger partial charge is 0.352 e. The number of rotatable bonds is 7. The summed E-state index contributed by atoms with van der Waals surface area (Å²) >= 11 is 5.51. The van der Waals surface area contributed by atoms with E-state index in [2.05, 4.69) is 15.5 Å². The number of nitrogens with one attached hydrogen (secondary N) is 1. The molecule has 2 aromatic heterocycles. The Bertz CT molecular complexity index is 1140. The molecule has 0 bridgehead atoms. The van der Waals surface area contributed by atoms with Crippen molar-refractivity contribution in [2.24, 2.45) is 0 Å². The van der Waals surface area contributed by atoms with Gasteiger partial charge in [-0.1, -0.05) is 29.2 Å². The summed E-state index contributed by atoms with van der Waals surface area (Å²) in [5, 5.41) is 22.3. The minimum absolute atomic E-state index is 0.0134. The molecule has 1 fully saturated rings. The third kappa shape index (κ3) is 4.35. The Balaban J connectivity index is 1.48. The Hall–Kier alpha value is -2.00. The van der Waals surface area contributed by atoms with Gasteiger partial charge in [0, 0.05) is 11.5 Å². The second-order valence-electron chi connectivity index (χ2n) is 6.38. The van der Waals surface area contributed by atoms with E-state index in [4.69, 9.17) is 0 Å². The van der Waals surface area contributed by atoms with Gasteiger partial charge in [-0.25, -0.2) is 9.00 Å². The number of fused-ring (bicyclic) bond motifs is 1. The molecule has 162 valence electrons. The van der Waals surface area contributed by atoms with Gasteiger partial charge < -0.3 is 10.4 Å². The molecule has 2 N–H and O–H groups in total. The molecule has 2 aliphatic rings. The molecule has 0 saturated carbocycles. The molecule has 4 heterocycles. The van der Waals surface area contributed by atoms with Gasteiger partial charge in [0.2, 0.25) is 0 Å². The largest absolute Gasteiger partial charge is 0.477 e. The second kappa shape index (κ2) is 9.24. The maximum Gasteiger partial charge on any atom is 0.352 e. The zero-order valence-electron chi connectivity index (χ0n) is 15.8. The van der Waals surface area contributed by atoms with Gasteiger partial charge in [-0.15, -0.1) is 33.3 Å². The summed E-state index contributed by atoms with van der Waals surface area (Å²) in [6, 6.07) is 2.50. The maximum atomic E-state index is 12.7. The molecule has 0 spiro atoms. The number of aryl methyl sites for hydroxylation is 1. The van der Waals surface area contributed by atoms with Gasteiger partial charge in [0.15, 0.2) is 4.34 Å². The monoisotopic (exact) mass is 514 g/mol. The molecule has 2 amide bonds. The maximum absolute atomic E-state index is 12.7. The molecule has 9 nitrogen and oxygen atoms in total. The number of hydrogen-bond donors (Lipinski definition) is 2. The quantitative estimate of drug-likeness (QED) is 0.242. The molecule has 0 aliphatic carbocycles. The van der Waals surface area contributed by atoms with E-state index < -0.39 is 29.2 Å². The summed E-state index contributed by atoms with van der Waals surface area (Å²) in [5.41, 5.74) is 0.569. The van der Waals surface area contributed by atoms with Gasteiger partial charge in [0.05, 0.1) is 4.88 Å². The lowest BCUT2D eigenvalue weighted by atomic mass is 10.0. The number of nitrogens with zero attached hydrogens (tertiary/aromatic N) is 3. The van der Waals surface area contributed by atoms with E-state index in [-0.39, 0.29) is 21.8 Å². The summed E-state index contributed by atoms with van der Waals surface area (Å²) in [6.45, 7) is 1.84. The van der Waals surface area contributed by atoms with Crippen LogP contribution in [0.4, 0.5) is 0 Å². The van der Waals surface area contributed by atoms with E-state index in [1.54, 1.807) is 17.5 Å². The lowest BCUT2D eigenvalue weighted by molar-refractivity contribution is -0.150. The molecule has 0 aromatic carbocycles. The number of carboxylic acids is 1. The lowest BCUT2D eigenvalue weighted by Gasteiger charge is -2.49. The summed E-state index contributed by atoms with van der Waals surface area (Å²) in [5.74, 6) is -1.53. The van der Waals surface area contributed by atoms with Crippen molar-refractivity contribution in [3.05, 3.63) is 38.7 Å². The lowest BCUT2D eigenvalue weighted by Crippen LogP contribution is -2.71. The predicted octanol–water partition coefficient (Wildman–Crippen LogP) is 1.17. The molecule has 2 atom stereocenters. The molecule has 2 aliphatic heterocycles. The number of β-lactam (4-membered cyclic amide) rings is 1. The molecule has 1 unspecified atom stereocenters. The Kier molecular flexibility index (Phi) is 6.62. The van der Waals surface area contributed by atoms with Gasteiger partial charge in [0.1, 0.15) is 38.2 Å². The van der Waals surface area contributed by atoms with Crippen molar-refractivity contribution in [3.63, 3.8) is 0 Å². The fourth-order valence-electron chi connectivity index (χ4n) is 3.09. The number of amides is 2. The van der Waals surface area contributed by atoms with Crippen LogP contribution in [0.5, 0.6) is 0 Å². The van der Waals surface area contributed by atoms with Crippen LogP contribution in [0.15, 0.2) is 33.1 Å². The normalized spacial score (nSPS) is 20.2. The molecule has 2 aromatic rings. The topological polar surface area (TPSA) is 130 Å². The highest BCUT2D eigenvalue weighted by Gasteiger charge is 2.54. The summed E-state index contributed by atoms with van der Waals surface area (Å²) in [6.07, 6.45) is 0. The van der Waals surface area contributed by atoms with E-state index in [9.17, 15) is 23.7 Å². The number of aromatic nitrogens is 2.